The molecule has 9 nitrogen and oxygen atoms in total. The summed E-state index contributed by atoms with van der Waals surface area (Å²) >= 11 is 0. The number of benzene rings is 1. The van der Waals surface area contributed by atoms with E-state index in [2.05, 4.69) is 5.32 Å². The van der Waals surface area contributed by atoms with Crippen molar-refractivity contribution in [1.82, 2.24) is 0 Å². The molecule has 0 spiro atoms. The lowest BCUT2D eigenvalue weighted by Crippen LogP contribution is -2.30. The molecular weight excluding hydrogens is 356 g/mol. The summed E-state index contributed by atoms with van der Waals surface area (Å²) in [5.41, 5.74) is -0.126. The van der Waals surface area contributed by atoms with E-state index in [0.29, 0.717) is 12.8 Å². The van der Waals surface area contributed by atoms with Crippen molar-refractivity contribution in [3.05, 3.63) is 28.3 Å². The number of nitrogens with zero attached hydrogens (tertiary/aromatic N) is 1. The van der Waals surface area contributed by atoms with E-state index in [9.17, 15) is 19.7 Å². The number of nitrogens with one attached hydrogen (secondary N) is 1. The fraction of sp³-hybridized carbons (Fsp3) is 0.556. The Hall–Kier alpha value is -2.84. The zero-order valence-corrected chi connectivity index (χ0v) is 16.0. The molecule has 2 atom stereocenters. The molecule has 1 rings (SSSR count). The van der Waals surface area contributed by atoms with Gasteiger partial charge in [-0.25, -0.2) is 9.59 Å². The van der Waals surface area contributed by atoms with Gasteiger partial charge in [-0.05, 0) is 33.3 Å². The Morgan fingerprint density at radius 3 is 2.33 bits per heavy atom. The van der Waals surface area contributed by atoms with Gasteiger partial charge in [0.15, 0.2) is 6.10 Å². The Kier molecular flexibility index (Phi) is 9.04. The van der Waals surface area contributed by atoms with Gasteiger partial charge < -0.3 is 19.5 Å². The van der Waals surface area contributed by atoms with E-state index in [0.717, 1.165) is 0 Å². The molecule has 0 radical (unpaired) electrons. The van der Waals surface area contributed by atoms with Crippen LogP contribution < -0.4 is 10.1 Å². The monoisotopic (exact) mass is 382 g/mol. The third kappa shape index (κ3) is 6.76. The van der Waals surface area contributed by atoms with E-state index in [-0.39, 0.29) is 30.3 Å². The van der Waals surface area contributed by atoms with Gasteiger partial charge in [0.1, 0.15) is 17.5 Å². The molecule has 0 heterocycles. The third-order valence-corrected chi connectivity index (χ3v) is 3.56. The van der Waals surface area contributed by atoms with Crippen LogP contribution in [0, 0.1) is 10.1 Å². The van der Waals surface area contributed by atoms with E-state index in [1.807, 2.05) is 6.92 Å². The highest BCUT2D eigenvalue weighted by atomic mass is 16.6. The summed E-state index contributed by atoms with van der Waals surface area (Å²) in [5, 5.41) is 14.0. The Balaban J connectivity index is 3.07. The van der Waals surface area contributed by atoms with Gasteiger partial charge in [0.2, 0.25) is 0 Å². The molecule has 2 unspecified atom stereocenters. The van der Waals surface area contributed by atoms with Gasteiger partial charge in [-0.1, -0.05) is 13.3 Å². The highest BCUT2D eigenvalue weighted by molar-refractivity contribution is 5.80. The summed E-state index contributed by atoms with van der Waals surface area (Å²) in [7, 11) is 0. The Morgan fingerprint density at radius 2 is 1.78 bits per heavy atom. The van der Waals surface area contributed by atoms with Crippen LogP contribution in [-0.4, -0.2) is 42.2 Å². The van der Waals surface area contributed by atoms with Crippen molar-refractivity contribution >= 4 is 23.3 Å². The van der Waals surface area contributed by atoms with Crippen molar-refractivity contribution in [2.45, 2.75) is 52.7 Å². The second kappa shape index (κ2) is 11.0. The van der Waals surface area contributed by atoms with Crippen LogP contribution in [0.15, 0.2) is 18.2 Å². The quantitative estimate of drug-likeness (QED) is 0.352. The van der Waals surface area contributed by atoms with Gasteiger partial charge >= 0.3 is 11.9 Å². The molecule has 1 N–H and O–H groups in total. The second-order valence-corrected chi connectivity index (χ2v) is 5.70. The van der Waals surface area contributed by atoms with Gasteiger partial charge in [-0.15, -0.1) is 0 Å². The standard InChI is InChI=1S/C18H26N2O7/c1-5-8-16(18(22)26-7-3)27-13-9-10-15(20(23)24)14(11-13)19-12(4)17(21)25-6-2/h9-12,16,19H,5-8H2,1-4H3. The molecule has 1 aromatic carbocycles. The van der Waals surface area contributed by atoms with E-state index < -0.39 is 29.0 Å². The number of hydrogen-bond acceptors (Lipinski definition) is 8. The van der Waals surface area contributed by atoms with Gasteiger partial charge in [0.25, 0.3) is 5.69 Å². The number of ether oxygens (including phenoxy) is 3. The van der Waals surface area contributed by atoms with Crippen LogP contribution in [0.3, 0.4) is 0 Å². The van der Waals surface area contributed by atoms with Gasteiger partial charge in [0.05, 0.1) is 18.1 Å². The molecule has 0 aliphatic rings. The number of rotatable bonds is 11. The average molecular weight is 382 g/mol. The first kappa shape index (κ1) is 22.2. The van der Waals surface area contributed by atoms with Crippen molar-refractivity contribution in [1.29, 1.82) is 0 Å². The van der Waals surface area contributed by atoms with E-state index in [1.54, 1.807) is 13.8 Å². The molecule has 150 valence electrons. The van der Waals surface area contributed by atoms with Crippen LogP contribution in [0.4, 0.5) is 11.4 Å². The maximum absolute atomic E-state index is 12.0. The highest BCUT2D eigenvalue weighted by Gasteiger charge is 2.24. The predicted octanol–water partition coefficient (Wildman–Crippen LogP) is 3.07. The van der Waals surface area contributed by atoms with E-state index >= 15 is 0 Å². The molecule has 0 fully saturated rings. The van der Waals surface area contributed by atoms with Crippen LogP contribution in [0.5, 0.6) is 5.75 Å². The second-order valence-electron chi connectivity index (χ2n) is 5.70. The van der Waals surface area contributed by atoms with Gasteiger partial charge in [-0.2, -0.15) is 0 Å². The minimum Gasteiger partial charge on any atom is -0.479 e. The Bertz CT molecular complexity index is 663. The fourth-order valence-corrected chi connectivity index (χ4v) is 2.31. The molecule has 27 heavy (non-hydrogen) atoms. The topological polar surface area (TPSA) is 117 Å². The number of carbonyl (C=O) groups is 2. The molecule has 0 saturated carbocycles. The molecule has 0 amide bonds. The summed E-state index contributed by atoms with van der Waals surface area (Å²) in [5.74, 6) is -0.772. The first-order valence-corrected chi connectivity index (χ1v) is 8.88. The smallest absolute Gasteiger partial charge is 0.347 e. The van der Waals surface area contributed by atoms with Crippen LogP contribution in [-0.2, 0) is 19.1 Å². The van der Waals surface area contributed by atoms with Crippen LogP contribution in [0.25, 0.3) is 0 Å². The van der Waals surface area contributed by atoms with Gasteiger partial charge in [0, 0.05) is 12.1 Å². The van der Waals surface area contributed by atoms with Crippen molar-refractivity contribution in [3.63, 3.8) is 0 Å². The van der Waals surface area contributed by atoms with Crippen LogP contribution >= 0.6 is 0 Å². The SMILES string of the molecule is CCCC(Oc1ccc([N+](=O)[O-])c(NC(C)C(=O)OCC)c1)C(=O)OCC. The molecule has 1 aromatic rings. The summed E-state index contributed by atoms with van der Waals surface area (Å²) in [6.07, 6.45) is 0.325. The molecule has 9 heteroatoms. The Morgan fingerprint density at radius 1 is 1.15 bits per heavy atom. The molecule has 0 aliphatic carbocycles. The zero-order valence-electron chi connectivity index (χ0n) is 16.0. The average Bonchev–Trinajstić information content (AvgIpc) is 2.61. The van der Waals surface area contributed by atoms with Crippen LogP contribution in [0.2, 0.25) is 0 Å². The Labute approximate surface area is 158 Å². The van der Waals surface area contributed by atoms with Crippen molar-refractivity contribution in [2.24, 2.45) is 0 Å². The molecular formula is C18H26N2O7. The first-order valence-electron chi connectivity index (χ1n) is 8.88. The number of anilines is 1. The normalized spacial score (nSPS) is 12.6. The number of nitro groups is 1. The summed E-state index contributed by atoms with van der Waals surface area (Å²) in [6.45, 7) is 7.24. The lowest BCUT2D eigenvalue weighted by atomic mass is 10.2. The molecule has 0 aliphatic heterocycles. The summed E-state index contributed by atoms with van der Waals surface area (Å²) in [6, 6.07) is 3.25. The summed E-state index contributed by atoms with van der Waals surface area (Å²) < 4.78 is 15.6. The zero-order chi connectivity index (χ0) is 20.4. The minimum atomic E-state index is -0.813. The molecule has 0 bridgehead atoms. The fourth-order valence-electron chi connectivity index (χ4n) is 2.31. The number of esters is 2. The lowest BCUT2D eigenvalue weighted by molar-refractivity contribution is -0.384. The molecule has 0 saturated heterocycles. The molecule has 0 aromatic heterocycles. The number of hydrogen-bond donors (Lipinski definition) is 1. The number of nitro benzene ring substituents is 1. The maximum Gasteiger partial charge on any atom is 0.347 e. The van der Waals surface area contributed by atoms with Crippen LogP contribution in [0.1, 0.15) is 40.5 Å². The van der Waals surface area contributed by atoms with Gasteiger partial charge in [-0.3, -0.25) is 10.1 Å². The maximum atomic E-state index is 12.0. The largest absolute Gasteiger partial charge is 0.479 e. The van der Waals surface area contributed by atoms with E-state index in [1.165, 1.54) is 25.1 Å². The van der Waals surface area contributed by atoms with E-state index in [4.69, 9.17) is 14.2 Å². The third-order valence-electron chi connectivity index (χ3n) is 3.56. The van der Waals surface area contributed by atoms with Crippen molar-refractivity contribution in [3.8, 4) is 5.75 Å². The lowest BCUT2D eigenvalue weighted by Gasteiger charge is -2.18. The highest BCUT2D eigenvalue weighted by Crippen LogP contribution is 2.30. The summed E-state index contributed by atoms with van der Waals surface area (Å²) in [4.78, 5) is 34.5. The minimum absolute atomic E-state index is 0.0946. The first-order chi connectivity index (χ1) is 12.8. The van der Waals surface area contributed by atoms with Crippen molar-refractivity contribution < 1.29 is 28.7 Å². The number of carbonyl (C=O) groups excluding carboxylic acids is 2. The predicted molar refractivity (Wildman–Crippen MR) is 98.8 cm³/mol. The van der Waals surface area contributed by atoms with Crippen molar-refractivity contribution in [2.75, 3.05) is 18.5 Å².